The highest BCUT2D eigenvalue weighted by atomic mass is 127. The second-order valence-corrected chi connectivity index (χ2v) is 8.70. The third-order valence-corrected chi connectivity index (χ3v) is 5.72. The Hall–Kier alpha value is -1.02. The lowest BCUT2D eigenvalue weighted by Gasteiger charge is -2.40. The van der Waals surface area contributed by atoms with Crippen LogP contribution in [-0.4, -0.2) is 52.2 Å². The van der Waals surface area contributed by atoms with Crippen LogP contribution in [0.3, 0.4) is 0 Å². The summed E-state index contributed by atoms with van der Waals surface area (Å²) < 4.78 is 23.9. The fraction of sp³-hybridized carbons (Fsp3) is 0.600. The van der Waals surface area contributed by atoms with Crippen molar-refractivity contribution in [2.24, 2.45) is 0 Å². The van der Waals surface area contributed by atoms with Gasteiger partial charge in [0.1, 0.15) is 18.8 Å². The summed E-state index contributed by atoms with van der Waals surface area (Å²) in [6.07, 6.45) is -1.77. The van der Waals surface area contributed by atoms with Crippen LogP contribution in [0.4, 0.5) is 0 Å². The summed E-state index contributed by atoms with van der Waals surface area (Å²) in [4.78, 5) is 39.4. The van der Waals surface area contributed by atoms with E-state index in [1.807, 2.05) is 12.1 Å². The van der Waals surface area contributed by atoms with Crippen molar-refractivity contribution in [3.05, 3.63) is 29.1 Å². The Kier molecular flexibility index (Phi) is 10.2. The minimum Gasteiger partial charge on any atom is -0.463 e. The van der Waals surface area contributed by atoms with Gasteiger partial charge < -0.3 is 18.9 Å². The smallest absolute Gasteiger partial charge is 0.303 e. The summed E-state index contributed by atoms with van der Waals surface area (Å²) in [5, 5.41) is 0. The minimum atomic E-state index is -0.857. The molecule has 1 aliphatic heterocycles. The van der Waals surface area contributed by atoms with Gasteiger partial charge >= 0.3 is 17.9 Å². The van der Waals surface area contributed by atoms with Crippen LogP contribution < -0.4 is 0 Å². The average molecular weight is 645 g/mol. The van der Waals surface area contributed by atoms with E-state index in [0.717, 1.165) is 22.1 Å². The maximum Gasteiger partial charge on any atom is 0.303 e. The molecule has 1 aromatic heterocycles. The number of pyridine rings is 1. The van der Waals surface area contributed by atoms with Crippen LogP contribution >= 0.6 is 45.2 Å². The van der Waals surface area contributed by atoms with Crippen LogP contribution in [0.5, 0.6) is 0 Å². The van der Waals surface area contributed by atoms with Crippen molar-refractivity contribution in [2.45, 2.75) is 62.5 Å². The lowest BCUT2D eigenvalue weighted by atomic mass is 9.94. The number of carbonyl (C=O) groups excluding carboxylic acids is 3. The minimum absolute atomic E-state index is 0.00243. The average Bonchev–Trinajstić information content (AvgIpc) is 2.67. The van der Waals surface area contributed by atoms with Gasteiger partial charge in [0.05, 0.1) is 17.5 Å². The molecule has 0 radical (unpaired) electrons. The van der Waals surface area contributed by atoms with Crippen LogP contribution in [0.15, 0.2) is 12.1 Å². The first kappa shape index (κ1) is 25.2. The molecular formula is C20H25I2NO7. The number of ether oxygens (including phenoxy) is 4. The molecule has 0 spiro atoms. The van der Waals surface area contributed by atoms with E-state index in [9.17, 15) is 14.4 Å². The van der Waals surface area contributed by atoms with Crippen LogP contribution in [0.1, 0.15) is 50.2 Å². The van der Waals surface area contributed by atoms with Crippen molar-refractivity contribution in [1.82, 2.24) is 4.98 Å². The fourth-order valence-corrected chi connectivity index (χ4v) is 4.53. The highest BCUT2D eigenvalue weighted by Crippen LogP contribution is 2.36. The Morgan fingerprint density at radius 2 is 1.80 bits per heavy atom. The molecule has 1 fully saturated rings. The van der Waals surface area contributed by atoms with Gasteiger partial charge in [-0.05, 0) is 18.1 Å². The zero-order chi connectivity index (χ0) is 22.3. The number of carbonyl (C=O) groups is 3. The Morgan fingerprint density at radius 1 is 1.10 bits per heavy atom. The predicted octanol–water partition coefficient (Wildman–Crippen LogP) is 3.25. The molecule has 1 saturated heterocycles. The first-order valence-electron chi connectivity index (χ1n) is 9.49. The van der Waals surface area contributed by atoms with E-state index >= 15 is 0 Å². The van der Waals surface area contributed by atoms with Gasteiger partial charge in [-0.1, -0.05) is 51.2 Å². The van der Waals surface area contributed by atoms with Gasteiger partial charge in [0.2, 0.25) is 0 Å². The molecule has 0 unspecified atom stereocenters. The molecule has 0 bridgehead atoms. The highest BCUT2D eigenvalue weighted by Gasteiger charge is 2.44. The van der Waals surface area contributed by atoms with Gasteiger partial charge in [-0.25, -0.2) is 0 Å². The van der Waals surface area contributed by atoms with Crippen molar-refractivity contribution in [1.29, 1.82) is 0 Å². The van der Waals surface area contributed by atoms with E-state index in [4.69, 9.17) is 23.9 Å². The highest BCUT2D eigenvalue weighted by molar-refractivity contribution is 14.1. The SMILES string of the molecule is CC(=O)OC[C@@H]1C[C@H](OC(C)=O)[C@@H](OC(C)=O)[C@@H](c2ccc(CCI)c(CI)n2)O1. The third kappa shape index (κ3) is 7.29. The molecule has 0 saturated carbocycles. The second-order valence-electron chi connectivity index (χ2n) is 6.85. The van der Waals surface area contributed by atoms with E-state index in [-0.39, 0.29) is 13.0 Å². The van der Waals surface area contributed by atoms with Crippen molar-refractivity contribution >= 4 is 63.1 Å². The number of aryl methyl sites for hydroxylation is 1. The first-order valence-corrected chi connectivity index (χ1v) is 12.5. The summed E-state index contributed by atoms with van der Waals surface area (Å²) in [6.45, 7) is 3.90. The molecule has 0 aromatic carbocycles. The number of hydrogen-bond acceptors (Lipinski definition) is 8. The summed E-state index contributed by atoms with van der Waals surface area (Å²) in [6, 6.07) is 3.84. The Morgan fingerprint density at radius 3 is 2.37 bits per heavy atom. The van der Waals surface area contributed by atoms with E-state index in [0.29, 0.717) is 10.1 Å². The van der Waals surface area contributed by atoms with Crippen LogP contribution in [0, 0.1) is 0 Å². The van der Waals surface area contributed by atoms with Gasteiger partial charge in [-0.2, -0.15) is 0 Å². The molecule has 0 amide bonds. The maximum atomic E-state index is 11.8. The predicted molar refractivity (Wildman–Crippen MR) is 125 cm³/mol. The molecule has 1 aliphatic rings. The Balaban J connectivity index is 2.41. The van der Waals surface area contributed by atoms with Crippen molar-refractivity contribution in [3.8, 4) is 0 Å². The van der Waals surface area contributed by atoms with Gasteiger partial charge in [-0.3, -0.25) is 19.4 Å². The Labute approximate surface area is 203 Å². The zero-order valence-corrected chi connectivity index (χ0v) is 21.4. The summed E-state index contributed by atoms with van der Waals surface area (Å²) in [5.74, 6) is -1.45. The van der Waals surface area contributed by atoms with Gasteiger partial charge in [-0.15, -0.1) is 0 Å². The topological polar surface area (TPSA) is 101 Å². The molecule has 8 nitrogen and oxygen atoms in total. The Bertz CT molecular complexity index is 774. The van der Waals surface area contributed by atoms with Crippen LogP contribution in [-0.2, 0) is 44.2 Å². The van der Waals surface area contributed by atoms with E-state index in [1.54, 1.807) is 0 Å². The second kappa shape index (κ2) is 12.1. The quantitative estimate of drug-likeness (QED) is 0.184. The van der Waals surface area contributed by atoms with Gasteiger partial charge in [0.15, 0.2) is 6.10 Å². The largest absolute Gasteiger partial charge is 0.463 e. The zero-order valence-electron chi connectivity index (χ0n) is 17.1. The molecule has 2 heterocycles. The molecule has 0 N–H and O–H groups in total. The number of nitrogens with zero attached hydrogens (tertiary/aromatic N) is 1. The van der Waals surface area contributed by atoms with E-state index < -0.39 is 42.3 Å². The van der Waals surface area contributed by atoms with E-state index in [2.05, 4.69) is 45.2 Å². The first-order chi connectivity index (χ1) is 14.2. The normalized spacial score (nSPS) is 23.5. The van der Waals surface area contributed by atoms with Crippen LogP contribution in [0.2, 0.25) is 0 Å². The molecular weight excluding hydrogens is 620 g/mol. The number of esters is 3. The molecule has 166 valence electrons. The molecule has 10 heteroatoms. The van der Waals surface area contributed by atoms with Gasteiger partial charge in [0, 0.05) is 36.0 Å². The molecule has 0 aliphatic carbocycles. The summed E-state index contributed by atoms with van der Waals surface area (Å²) in [5.41, 5.74) is 2.66. The summed E-state index contributed by atoms with van der Waals surface area (Å²) >= 11 is 4.58. The number of alkyl halides is 2. The van der Waals surface area contributed by atoms with Crippen molar-refractivity contribution < 1.29 is 33.3 Å². The van der Waals surface area contributed by atoms with Crippen molar-refractivity contribution in [2.75, 3.05) is 11.0 Å². The molecule has 1 aromatic rings. The fourth-order valence-electron chi connectivity index (χ4n) is 3.29. The number of rotatable bonds is 8. The van der Waals surface area contributed by atoms with E-state index in [1.165, 1.54) is 20.8 Å². The van der Waals surface area contributed by atoms with Gasteiger partial charge in [0.25, 0.3) is 0 Å². The van der Waals surface area contributed by atoms with Crippen LogP contribution in [0.25, 0.3) is 0 Å². The summed E-state index contributed by atoms with van der Waals surface area (Å²) in [7, 11) is 0. The van der Waals surface area contributed by atoms with Crippen molar-refractivity contribution in [3.63, 3.8) is 0 Å². The molecule has 4 atom stereocenters. The maximum absolute atomic E-state index is 11.8. The lowest BCUT2D eigenvalue weighted by molar-refractivity contribution is -0.215. The molecule has 30 heavy (non-hydrogen) atoms. The number of halogens is 2. The molecule has 2 rings (SSSR count). The number of hydrogen-bond donors (Lipinski definition) is 0. The lowest BCUT2D eigenvalue weighted by Crippen LogP contribution is -2.49. The third-order valence-electron chi connectivity index (χ3n) is 4.46. The number of aromatic nitrogens is 1. The monoisotopic (exact) mass is 645 g/mol. The standard InChI is InChI=1S/C20H25I2NO7/c1-11(24)27-10-15-8-18(28-12(2)25)20(29-13(3)26)19(30-15)16-5-4-14(6-7-21)17(9-22)23-16/h4-5,15,18-20H,6-10H2,1-3H3/t15-,18-,19+,20+/m0/s1.